The molecule has 1 aliphatic heterocycles. The Kier molecular flexibility index (Phi) is 5.32. The topological polar surface area (TPSA) is 78.9 Å². The number of morpholine rings is 1. The van der Waals surface area contributed by atoms with Crippen molar-refractivity contribution < 1.29 is 23.8 Å². The molecule has 6 nitrogen and oxygen atoms in total. The number of halogens is 1. The third-order valence-corrected chi connectivity index (χ3v) is 3.59. The molecule has 0 aliphatic carbocycles. The molecule has 0 spiro atoms. The van der Waals surface area contributed by atoms with E-state index in [0.29, 0.717) is 37.7 Å². The van der Waals surface area contributed by atoms with Gasteiger partial charge < -0.3 is 20.1 Å². The zero-order chi connectivity index (χ0) is 16.1. The Bertz CT molecular complexity index is 558. The highest BCUT2D eigenvalue weighted by molar-refractivity contribution is 6.04. The van der Waals surface area contributed by atoms with Crippen LogP contribution in [-0.4, -0.2) is 43.3 Å². The van der Waals surface area contributed by atoms with E-state index in [4.69, 9.17) is 9.84 Å². The molecule has 2 rings (SSSR count). The Labute approximate surface area is 127 Å². The summed E-state index contributed by atoms with van der Waals surface area (Å²) >= 11 is 0. The average molecular weight is 310 g/mol. The summed E-state index contributed by atoms with van der Waals surface area (Å²) in [6.07, 6.45) is 0.193. The van der Waals surface area contributed by atoms with E-state index in [0.717, 1.165) is 0 Å². The fourth-order valence-corrected chi connectivity index (χ4v) is 2.34. The summed E-state index contributed by atoms with van der Waals surface area (Å²) < 4.78 is 19.2. The number of nitrogens with zero attached hydrogens (tertiary/aromatic N) is 1. The minimum atomic E-state index is -1.17. The molecule has 1 unspecified atom stereocenters. The second kappa shape index (κ2) is 7.22. The van der Waals surface area contributed by atoms with Gasteiger partial charge in [0.25, 0.3) is 0 Å². The summed E-state index contributed by atoms with van der Waals surface area (Å²) in [6, 6.07) is 4.21. The number of nitrogens with one attached hydrogen (secondary N) is 1. The predicted molar refractivity (Wildman–Crippen MR) is 79.5 cm³/mol. The summed E-state index contributed by atoms with van der Waals surface area (Å²) in [7, 11) is 0. The van der Waals surface area contributed by atoms with E-state index in [1.165, 1.54) is 18.2 Å². The molecule has 0 aromatic heterocycles. The Morgan fingerprint density at radius 1 is 1.41 bits per heavy atom. The van der Waals surface area contributed by atoms with Gasteiger partial charge in [0.2, 0.25) is 5.91 Å². The number of ether oxygens (including phenoxy) is 1. The number of carboxylic acid groups (broad SMARTS) is 1. The van der Waals surface area contributed by atoms with Crippen LogP contribution in [0.3, 0.4) is 0 Å². The number of carbonyl (C=O) groups excluding carboxylic acids is 1. The molecule has 22 heavy (non-hydrogen) atoms. The van der Waals surface area contributed by atoms with Gasteiger partial charge in [-0.15, -0.1) is 0 Å². The first-order valence-corrected chi connectivity index (χ1v) is 7.18. The lowest BCUT2D eigenvalue weighted by Gasteiger charge is -2.29. The van der Waals surface area contributed by atoms with E-state index in [2.05, 4.69) is 5.32 Å². The fraction of sp³-hybridized carbons (Fsp3) is 0.467. The van der Waals surface area contributed by atoms with Crippen molar-refractivity contribution in [2.24, 2.45) is 5.92 Å². The van der Waals surface area contributed by atoms with Crippen molar-refractivity contribution in [1.29, 1.82) is 0 Å². The monoisotopic (exact) mass is 310 g/mol. The molecular formula is C15H19FN2O4. The number of carbonyl (C=O) groups is 2. The van der Waals surface area contributed by atoms with Gasteiger partial charge in [-0.3, -0.25) is 9.59 Å². The second-order valence-electron chi connectivity index (χ2n) is 5.05. The first-order valence-electron chi connectivity index (χ1n) is 7.18. The predicted octanol–water partition coefficient (Wildman–Crippen LogP) is 1.71. The van der Waals surface area contributed by atoms with Crippen LogP contribution >= 0.6 is 0 Å². The van der Waals surface area contributed by atoms with Crippen LogP contribution in [0.15, 0.2) is 18.2 Å². The minimum Gasteiger partial charge on any atom is -0.481 e. The molecule has 1 amide bonds. The van der Waals surface area contributed by atoms with Crippen molar-refractivity contribution >= 4 is 23.3 Å². The highest BCUT2D eigenvalue weighted by atomic mass is 19.1. The molecule has 1 atom stereocenters. The Morgan fingerprint density at radius 2 is 2.09 bits per heavy atom. The van der Waals surface area contributed by atoms with E-state index in [-0.39, 0.29) is 12.2 Å². The summed E-state index contributed by atoms with van der Waals surface area (Å²) in [5, 5.41) is 11.5. The molecule has 0 bridgehead atoms. The maximum atomic E-state index is 14.0. The largest absolute Gasteiger partial charge is 0.481 e. The lowest BCUT2D eigenvalue weighted by atomic mass is 10.1. The van der Waals surface area contributed by atoms with Gasteiger partial charge in [-0.25, -0.2) is 4.39 Å². The van der Waals surface area contributed by atoms with Crippen LogP contribution in [-0.2, 0) is 14.3 Å². The number of amides is 1. The van der Waals surface area contributed by atoms with Gasteiger partial charge in [-0.2, -0.15) is 0 Å². The van der Waals surface area contributed by atoms with E-state index >= 15 is 0 Å². The van der Waals surface area contributed by atoms with Crippen LogP contribution < -0.4 is 10.2 Å². The third-order valence-electron chi connectivity index (χ3n) is 3.59. The zero-order valence-electron chi connectivity index (χ0n) is 12.3. The molecule has 1 heterocycles. The van der Waals surface area contributed by atoms with Crippen LogP contribution in [0.2, 0.25) is 0 Å². The van der Waals surface area contributed by atoms with Crippen LogP contribution in [0.1, 0.15) is 13.3 Å². The molecule has 1 aromatic rings. The number of aliphatic carboxylic acids is 1. The minimum absolute atomic E-state index is 0.193. The van der Waals surface area contributed by atoms with Crippen LogP contribution in [0, 0.1) is 11.7 Å². The number of hydrogen-bond donors (Lipinski definition) is 2. The van der Waals surface area contributed by atoms with Gasteiger partial charge in [0.05, 0.1) is 18.9 Å². The lowest BCUT2D eigenvalue weighted by Crippen LogP contribution is -2.36. The van der Waals surface area contributed by atoms with E-state index in [9.17, 15) is 14.0 Å². The van der Waals surface area contributed by atoms with Gasteiger partial charge >= 0.3 is 5.97 Å². The molecular weight excluding hydrogens is 291 g/mol. The van der Waals surface area contributed by atoms with Crippen molar-refractivity contribution in [3.63, 3.8) is 0 Å². The number of rotatable bonds is 5. The molecule has 120 valence electrons. The highest BCUT2D eigenvalue weighted by Gasteiger charge is 2.24. The summed E-state index contributed by atoms with van der Waals surface area (Å²) in [5.41, 5.74) is 0.761. The lowest BCUT2D eigenvalue weighted by molar-refractivity contribution is -0.145. The smallest absolute Gasteiger partial charge is 0.316 e. The molecule has 1 aromatic carbocycles. The zero-order valence-corrected chi connectivity index (χ0v) is 12.3. The fourth-order valence-electron chi connectivity index (χ4n) is 2.34. The average Bonchev–Trinajstić information content (AvgIpc) is 2.50. The van der Waals surface area contributed by atoms with Gasteiger partial charge in [-0.1, -0.05) is 6.92 Å². The van der Waals surface area contributed by atoms with Crippen molar-refractivity contribution in [3.8, 4) is 0 Å². The number of hydrogen-bond acceptors (Lipinski definition) is 4. The maximum absolute atomic E-state index is 14.0. The molecule has 2 N–H and O–H groups in total. The van der Waals surface area contributed by atoms with Crippen LogP contribution in [0.25, 0.3) is 0 Å². The Balaban J connectivity index is 2.15. The van der Waals surface area contributed by atoms with Gasteiger partial charge in [-0.05, 0) is 24.6 Å². The normalized spacial score (nSPS) is 16.2. The van der Waals surface area contributed by atoms with Crippen molar-refractivity contribution in [2.75, 3.05) is 36.5 Å². The summed E-state index contributed by atoms with van der Waals surface area (Å²) in [5.74, 6) is -3.27. The third kappa shape index (κ3) is 3.73. The SMILES string of the molecule is CCC(C(=O)O)C(=O)Nc1ccc(F)c(N2CCOCC2)c1. The summed E-state index contributed by atoms with van der Waals surface area (Å²) in [4.78, 5) is 24.8. The van der Waals surface area contributed by atoms with Gasteiger partial charge in [0.15, 0.2) is 0 Å². The molecule has 7 heteroatoms. The number of anilines is 2. The summed E-state index contributed by atoms with van der Waals surface area (Å²) in [6.45, 7) is 3.81. The van der Waals surface area contributed by atoms with Crippen molar-refractivity contribution in [3.05, 3.63) is 24.0 Å². The Hall–Kier alpha value is -2.15. The van der Waals surface area contributed by atoms with Crippen molar-refractivity contribution in [1.82, 2.24) is 0 Å². The standard InChI is InChI=1S/C15H19FN2O4/c1-2-11(15(20)21)14(19)17-10-3-4-12(16)13(9-10)18-5-7-22-8-6-18/h3-4,9,11H,2,5-8H2,1H3,(H,17,19)(H,20,21). The van der Waals surface area contributed by atoms with E-state index in [1.54, 1.807) is 6.92 Å². The first kappa shape index (κ1) is 16.2. The highest BCUT2D eigenvalue weighted by Crippen LogP contribution is 2.25. The molecule has 1 fully saturated rings. The molecule has 0 saturated carbocycles. The van der Waals surface area contributed by atoms with E-state index in [1.807, 2.05) is 4.90 Å². The van der Waals surface area contributed by atoms with Crippen molar-refractivity contribution in [2.45, 2.75) is 13.3 Å². The van der Waals surface area contributed by atoms with E-state index < -0.39 is 17.8 Å². The molecule has 1 saturated heterocycles. The maximum Gasteiger partial charge on any atom is 0.316 e. The quantitative estimate of drug-likeness (QED) is 0.810. The Morgan fingerprint density at radius 3 is 2.68 bits per heavy atom. The van der Waals surface area contributed by atoms with Crippen LogP contribution in [0.4, 0.5) is 15.8 Å². The number of carboxylic acids is 1. The van der Waals surface area contributed by atoms with Gasteiger partial charge in [0, 0.05) is 18.8 Å². The second-order valence-corrected chi connectivity index (χ2v) is 5.05. The first-order chi connectivity index (χ1) is 10.5. The van der Waals surface area contributed by atoms with Gasteiger partial charge in [0.1, 0.15) is 11.7 Å². The molecule has 0 radical (unpaired) electrons. The number of benzene rings is 1. The van der Waals surface area contributed by atoms with Crippen LogP contribution in [0.5, 0.6) is 0 Å². The molecule has 1 aliphatic rings.